The third-order valence-corrected chi connectivity index (χ3v) is 4.05. The van der Waals surface area contributed by atoms with E-state index in [1.54, 1.807) is 41.8 Å². The van der Waals surface area contributed by atoms with E-state index in [4.69, 9.17) is 0 Å². The molecule has 0 bridgehead atoms. The largest absolute Gasteiger partial charge is 0.337 e. The van der Waals surface area contributed by atoms with Crippen LogP contribution >= 0.6 is 0 Å². The summed E-state index contributed by atoms with van der Waals surface area (Å²) in [5.74, 6) is -0.693. The van der Waals surface area contributed by atoms with Gasteiger partial charge in [0.1, 0.15) is 5.69 Å². The van der Waals surface area contributed by atoms with Gasteiger partial charge in [-0.15, -0.1) is 6.58 Å². The van der Waals surface area contributed by atoms with Crippen molar-refractivity contribution in [2.24, 2.45) is 0 Å². The van der Waals surface area contributed by atoms with Crippen LogP contribution in [0.4, 0.5) is 0 Å². The lowest BCUT2D eigenvalue weighted by Crippen LogP contribution is -2.23. The van der Waals surface area contributed by atoms with E-state index in [9.17, 15) is 14.4 Å². The highest BCUT2D eigenvalue weighted by Crippen LogP contribution is 2.33. The summed E-state index contributed by atoms with van der Waals surface area (Å²) in [6.45, 7) is 7.23. The fourth-order valence-corrected chi connectivity index (χ4v) is 3.12. The lowest BCUT2D eigenvalue weighted by atomic mass is 9.85. The number of aromatic nitrogens is 1. The molecule has 0 fully saturated rings. The summed E-state index contributed by atoms with van der Waals surface area (Å²) >= 11 is 0. The maximum atomic E-state index is 12.8. The molecule has 22 heavy (non-hydrogen) atoms. The second kappa shape index (κ2) is 4.91. The minimum Gasteiger partial charge on any atom is -0.337 e. The van der Waals surface area contributed by atoms with E-state index in [1.165, 1.54) is 6.92 Å². The number of allylic oxidation sites excluding steroid dienone is 1. The van der Waals surface area contributed by atoms with Crippen LogP contribution in [-0.4, -0.2) is 21.9 Å². The molecule has 3 rings (SSSR count). The standard InChI is InChI=1S/C18H15NO3/c1-4-9-19-10(2)14(11(3)20)15-16(19)18(22)13-8-6-5-7-12(13)17(15)21/h4-8H,1,9H2,2-3H3. The van der Waals surface area contributed by atoms with Crippen molar-refractivity contribution < 1.29 is 14.4 Å². The number of ketones is 3. The van der Waals surface area contributed by atoms with E-state index in [2.05, 4.69) is 6.58 Å². The van der Waals surface area contributed by atoms with Gasteiger partial charge in [-0.3, -0.25) is 14.4 Å². The third-order valence-electron chi connectivity index (χ3n) is 4.05. The fraction of sp³-hybridized carbons (Fsp3) is 0.167. The first-order valence-electron chi connectivity index (χ1n) is 7.02. The van der Waals surface area contributed by atoms with Gasteiger partial charge >= 0.3 is 0 Å². The molecule has 2 aromatic rings. The highest BCUT2D eigenvalue weighted by molar-refractivity contribution is 6.30. The highest BCUT2D eigenvalue weighted by atomic mass is 16.1. The van der Waals surface area contributed by atoms with Crippen molar-refractivity contribution in [1.82, 2.24) is 4.57 Å². The molecule has 1 heterocycles. The van der Waals surface area contributed by atoms with Crippen LogP contribution in [-0.2, 0) is 6.54 Å². The smallest absolute Gasteiger partial charge is 0.210 e. The number of benzene rings is 1. The Balaban J connectivity index is 2.41. The molecule has 1 aliphatic carbocycles. The third kappa shape index (κ3) is 1.73. The van der Waals surface area contributed by atoms with Gasteiger partial charge in [-0.1, -0.05) is 30.3 Å². The van der Waals surface area contributed by atoms with Gasteiger partial charge in [0.25, 0.3) is 0 Å². The SMILES string of the molecule is C=CCn1c(C)c(C(C)=O)c2c1C(=O)c1ccccc1C2=O. The summed E-state index contributed by atoms with van der Waals surface area (Å²) in [7, 11) is 0. The Kier molecular flexibility index (Phi) is 3.17. The average Bonchev–Trinajstić information content (AvgIpc) is 2.79. The summed E-state index contributed by atoms with van der Waals surface area (Å²) < 4.78 is 1.70. The summed E-state index contributed by atoms with van der Waals surface area (Å²) in [5.41, 5.74) is 2.25. The quantitative estimate of drug-likeness (QED) is 0.551. The van der Waals surface area contributed by atoms with Gasteiger partial charge in [0.05, 0.1) is 5.56 Å². The summed E-state index contributed by atoms with van der Waals surface area (Å²) in [6.07, 6.45) is 1.65. The second-order valence-electron chi connectivity index (χ2n) is 5.34. The Hall–Kier alpha value is -2.75. The normalized spacial score (nSPS) is 12.8. The molecule has 0 atom stereocenters. The zero-order valence-electron chi connectivity index (χ0n) is 12.5. The van der Waals surface area contributed by atoms with E-state index in [0.29, 0.717) is 34.6 Å². The van der Waals surface area contributed by atoms with Gasteiger partial charge in [0, 0.05) is 28.9 Å². The van der Waals surface area contributed by atoms with Gasteiger partial charge < -0.3 is 4.57 Å². The Labute approximate surface area is 128 Å². The number of nitrogens with zero attached hydrogens (tertiary/aromatic N) is 1. The summed E-state index contributed by atoms with van der Waals surface area (Å²) in [6, 6.07) is 6.72. The first kappa shape index (κ1) is 14.2. The van der Waals surface area contributed by atoms with Crippen LogP contribution in [0.25, 0.3) is 0 Å². The van der Waals surface area contributed by atoms with Crippen LogP contribution < -0.4 is 0 Å². The molecule has 4 nitrogen and oxygen atoms in total. The monoisotopic (exact) mass is 293 g/mol. The maximum Gasteiger partial charge on any atom is 0.210 e. The Morgan fingerprint density at radius 1 is 1.18 bits per heavy atom. The number of carbonyl (C=O) groups is 3. The first-order valence-corrected chi connectivity index (χ1v) is 7.02. The molecule has 0 spiro atoms. The van der Waals surface area contributed by atoms with Crippen LogP contribution in [0, 0.1) is 6.92 Å². The average molecular weight is 293 g/mol. The Morgan fingerprint density at radius 2 is 1.77 bits per heavy atom. The van der Waals surface area contributed by atoms with E-state index in [0.717, 1.165) is 0 Å². The van der Waals surface area contributed by atoms with E-state index < -0.39 is 0 Å². The van der Waals surface area contributed by atoms with Crippen LogP contribution in [0.3, 0.4) is 0 Å². The van der Waals surface area contributed by atoms with Crippen molar-refractivity contribution in [3.63, 3.8) is 0 Å². The summed E-state index contributed by atoms with van der Waals surface area (Å²) in [4.78, 5) is 37.6. The lowest BCUT2D eigenvalue weighted by molar-refractivity contribution is 0.0966. The topological polar surface area (TPSA) is 56.1 Å². The molecule has 1 aromatic carbocycles. The van der Waals surface area contributed by atoms with E-state index in [1.807, 2.05) is 0 Å². The van der Waals surface area contributed by atoms with Gasteiger partial charge in [0.2, 0.25) is 5.78 Å². The van der Waals surface area contributed by atoms with Crippen molar-refractivity contribution in [3.8, 4) is 0 Å². The molecule has 0 radical (unpaired) electrons. The van der Waals surface area contributed by atoms with E-state index >= 15 is 0 Å². The minimum absolute atomic E-state index is 0.211. The minimum atomic E-state index is -0.263. The zero-order chi connectivity index (χ0) is 16.0. The van der Waals surface area contributed by atoms with Crippen molar-refractivity contribution in [2.45, 2.75) is 20.4 Å². The van der Waals surface area contributed by atoms with Crippen LogP contribution in [0.1, 0.15) is 54.9 Å². The fourth-order valence-electron chi connectivity index (χ4n) is 3.12. The van der Waals surface area contributed by atoms with Crippen LogP contribution in [0.15, 0.2) is 36.9 Å². The maximum absolute atomic E-state index is 12.8. The second-order valence-corrected chi connectivity index (χ2v) is 5.34. The molecule has 0 unspecified atom stereocenters. The molecule has 0 N–H and O–H groups in total. The number of hydrogen-bond donors (Lipinski definition) is 0. The predicted octanol–water partition coefficient (Wildman–Crippen LogP) is 2.96. The van der Waals surface area contributed by atoms with E-state index in [-0.39, 0.29) is 22.9 Å². The lowest BCUT2D eigenvalue weighted by Gasteiger charge is -2.17. The molecule has 110 valence electrons. The van der Waals surface area contributed by atoms with Crippen LogP contribution in [0.5, 0.6) is 0 Å². The van der Waals surface area contributed by atoms with Gasteiger partial charge in [-0.05, 0) is 13.8 Å². The number of hydrogen-bond acceptors (Lipinski definition) is 3. The number of fused-ring (bicyclic) bond motifs is 2. The van der Waals surface area contributed by atoms with Gasteiger partial charge in [0.15, 0.2) is 11.6 Å². The predicted molar refractivity (Wildman–Crippen MR) is 82.7 cm³/mol. The number of carbonyl (C=O) groups excluding carboxylic acids is 3. The molecular formula is C18H15NO3. The number of Topliss-reactive ketones (excluding diaryl/α,β-unsaturated/α-hetero) is 1. The molecule has 1 aromatic heterocycles. The Bertz CT molecular complexity index is 855. The van der Waals surface area contributed by atoms with Crippen molar-refractivity contribution in [3.05, 3.63) is 70.6 Å². The van der Waals surface area contributed by atoms with Crippen LogP contribution in [0.2, 0.25) is 0 Å². The molecule has 0 saturated carbocycles. The molecule has 0 amide bonds. The molecule has 1 aliphatic rings. The summed E-state index contributed by atoms with van der Waals surface area (Å²) in [5, 5.41) is 0. The molecule has 0 aliphatic heterocycles. The molecule has 4 heteroatoms. The Morgan fingerprint density at radius 3 is 2.32 bits per heavy atom. The number of rotatable bonds is 3. The van der Waals surface area contributed by atoms with Crippen molar-refractivity contribution in [1.29, 1.82) is 0 Å². The van der Waals surface area contributed by atoms with Gasteiger partial charge in [-0.2, -0.15) is 0 Å². The van der Waals surface area contributed by atoms with Crippen molar-refractivity contribution >= 4 is 17.3 Å². The molecule has 0 saturated heterocycles. The van der Waals surface area contributed by atoms with Gasteiger partial charge in [-0.25, -0.2) is 0 Å². The zero-order valence-corrected chi connectivity index (χ0v) is 12.5. The van der Waals surface area contributed by atoms with Crippen molar-refractivity contribution in [2.75, 3.05) is 0 Å². The molecular weight excluding hydrogens is 278 g/mol. The highest BCUT2D eigenvalue weighted by Gasteiger charge is 2.37. The first-order chi connectivity index (χ1) is 10.5.